The van der Waals surface area contributed by atoms with E-state index >= 15 is 0 Å². The molecule has 0 spiro atoms. The Morgan fingerprint density at radius 2 is 2.04 bits per heavy atom. The third kappa shape index (κ3) is 6.29. The molecule has 0 aromatic heterocycles. The highest BCUT2D eigenvalue weighted by atomic mass is 14.8. The molecule has 0 saturated carbocycles. The normalized spacial score (nSPS) is 19.8. The van der Waals surface area contributed by atoms with Crippen LogP contribution in [0.1, 0.15) is 76.0 Å². The van der Waals surface area contributed by atoms with Gasteiger partial charge in [-0.3, -0.25) is 0 Å². The molecule has 0 heterocycles. The Labute approximate surface area is 156 Å². The molecule has 0 fully saturated rings. The summed E-state index contributed by atoms with van der Waals surface area (Å²) in [6, 6.07) is 7.16. The first-order valence-electron chi connectivity index (χ1n) is 10.5. The van der Waals surface area contributed by atoms with Crippen molar-refractivity contribution in [2.24, 2.45) is 17.8 Å². The molecular formula is C24H39N. The van der Waals surface area contributed by atoms with Gasteiger partial charge in [-0.2, -0.15) is 0 Å². The first-order chi connectivity index (χ1) is 12.2. The molecule has 1 nitrogen and oxygen atoms in total. The highest BCUT2D eigenvalue weighted by Crippen LogP contribution is 2.35. The Morgan fingerprint density at radius 3 is 2.76 bits per heavy atom. The summed E-state index contributed by atoms with van der Waals surface area (Å²) in [5, 5.41) is 3.27. The molecule has 0 saturated heterocycles. The summed E-state index contributed by atoms with van der Waals surface area (Å²) in [5.41, 5.74) is 4.66. The fraction of sp³-hybridized carbons (Fsp3) is 0.667. The standard InChI is InChI=1S/C24H39N/c1-5-7-8-9-19(3)10-12-21(6-2)23-15-14-22-16-20(18-25-4)11-13-24(22)17-23/h5,7,11,13,16,19,21,23,25H,6,8-10,12,14-15,17-18H2,1-4H3/b7-5+. The van der Waals surface area contributed by atoms with Crippen LogP contribution in [0.25, 0.3) is 0 Å². The number of nitrogens with one attached hydrogen (secondary N) is 1. The van der Waals surface area contributed by atoms with E-state index in [-0.39, 0.29) is 0 Å². The van der Waals surface area contributed by atoms with Gasteiger partial charge in [-0.15, -0.1) is 0 Å². The fourth-order valence-electron chi connectivity index (χ4n) is 4.52. The van der Waals surface area contributed by atoms with E-state index in [0.29, 0.717) is 0 Å². The van der Waals surface area contributed by atoms with Gasteiger partial charge in [0.05, 0.1) is 0 Å². The van der Waals surface area contributed by atoms with Crippen LogP contribution in [0, 0.1) is 17.8 Å². The topological polar surface area (TPSA) is 12.0 Å². The molecule has 0 amide bonds. The number of hydrogen-bond acceptors (Lipinski definition) is 1. The van der Waals surface area contributed by atoms with Crippen LogP contribution in [0.15, 0.2) is 30.4 Å². The molecule has 140 valence electrons. The molecule has 0 radical (unpaired) electrons. The van der Waals surface area contributed by atoms with Crippen LogP contribution in [0.2, 0.25) is 0 Å². The van der Waals surface area contributed by atoms with Gasteiger partial charge >= 0.3 is 0 Å². The van der Waals surface area contributed by atoms with E-state index in [1.807, 2.05) is 7.05 Å². The second kappa shape index (κ2) is 10.8. The summed E-state index contributed by atoms with van der Waals surface area (Å²) in [5.74, 6) is 2.68. The maximum Gasteiger partial charge on any atom is 0.0202 e. The minimum Gasteiger partial charge on any atom is -0.316 e. The zero-order chi connectivity index (χ0) is 18.1. The third-order valence-electron chi connectivity index (χ3n) is 6.20. The minimum absolute atomic E-state index is 0.866. The molecule has 25 heavy (non-hydrogen) atoms. The minimum atomic E-state index is 0.866. The molecule has 1 aliphatic carbocycles. The SMILES string of the molecule is C/C=C/CCC(C)CCC(CC)C1CCc2cc(CNC)ccc2C1. The number of fused-ring (bicyclic) bond motifs is 1. The van der Waals surface area contributed by atoms with Crippen molar-refractivity contribution in [1.29, 1.82) is 0 Å². The lowest BCUT2D eigenvalue weighted by molar-refractivity contribution is 0.255. The Kier molecular flexibility index (Phi) is 8.75. The second-order valence-electron chi connectivity index (χ2n) is 8.13. The first-order valence-corrected chi connectivity index (χ1v) is 10.5. The zero-order valence-electron chi connectivity index (χ0n) is 17.0. The average molecular weight is 342 g/mol. The quantitative estimate of drug-likeness (QED) is 0.492. The molecular weight excluding hydrogens is 302 g/mol. The van der Waals surface area contributed by atoms with Gasteiger partial charge in [-0.1, -0.05) is 57.0 Å². The van der Waals surface area contributed by atoms with E-state index < -0.39 is 0 Å². The summed E-state index contributed by atoms with van der Waals surface area (Å²) in [6.07, 6.45) is 15.2. The van der Waals surface area contributed by atoms with Gasteiger partial charge in [0, 0.05) is 6.54 Å². The molecule has 1 N–H and O–H groups in total. The summed E-state index contributed by atoms with van der Waals surface area (Å²) >= 11 is 0. The van der Waals surface area contributed by atoms with E-state index in [1.54, 1.807) is 11.1 Å². The summed E-state index contributed by atoms with van der Waals surface area (Å²) in [7, 11) is 2.03. The zero-order valence-corrected chi connectivity index (χ0v) is 17.0. The lowest BCUT2D eigenvalue weighted by Gasteiger charge is -2.32. The molecule has 0 aliphatic heterocycles. The lowest BCUT2D eigenvalue weighted by atomic mass is 9.73. The van der Waals surface area contributed by atoms with Crippen LogP contribution < -0.4 is 5.32 Å². The van der Waals surface area contributed by atoms with Crippen LogP contribution in [0.5, 0.6) is 0 Å². The molecule has 1 aromatic carbocycles. The largest absolute Gasteiger partial charge is 0.316 e. The van der Waals surface area contributed by atoms with Gasteiger partial charge < -0.3 is 5.32 Å². The van der Waals surface area contributed by atoms with Crippen molar-refractivity contribution in [3.63, 3.8) is 0 Å². The highest BCUT2D eigenvalue weighted by molar-refractivity contribution is 5.34. The van der Waals surface area contributed by atoms with Crippen molar-refractivity contribution >= 4 is 0 Å². The number of hydrogen-bond donors (Lipinski definition) is 1. The van der Waals surface area contributed by atoms with Crippen LogP contribution in [-0.4, -0.2) is 7.05 Å². The fourth-order valence-corrected chi connectivity index (χ4v) is 4.52. The van der Waals surface area contributed by atoms with E-state index in [1.165, 1.54) is 56.9 Å². The summed E-state index contributed by atoms with van der Waals surface area (Å²) < 4.78 is 0. The molecule has 1 aromatic rings. The molecule has 0 bridgehead atoms. The first kappa shape index (κ1) is 20.2. The smallest absolute Gasteiger partial charge is 0.0202 e. The number of rotatable bonds is 10. The van der Waals surface area contributed by atoms with Crippen molar-refractivity contribution in [1.82, 2.24) is 5.32 Å². The van der Waals surface area contributed by atoms with Crippen molar-refractivity contribution in [3.8, 4) is 0 Å². The van der Waals surface area contributed by atoms with Crippen molar-refractivity contribution in [2.45, 2.75) is 78.7 Å². The predicted molar refractivity (Wildman–Crippen MR) is 111 cm³/mol. The maximum atomic E-state index is 3.27. The van der Waals surface area contributed by atoms with Gasteiger partial charge in [0.25, 0.3) is 0 Å². The van der Waals surface area contributed by atoms with E-state index in [0.717, 1.165) is 24.3 Å². The van der Waals surface area contributed by atoms with Crippen LogP contribution in [0.3, 0.4) is 0 Å². The monoisotopic (exact) mass is 341 g/mol. The molecule has 3 unspecified atom stereocenters. The van der Waals surface area contributed by atoms with Gasteiger partial charge in [0.2, 0.25) is 0 Å². The van der Waals surface area contributed by atoms with E-state index in [2.05, 4.69) is 56.4 Å². The second-order valence-corrected chi connectivity index (χ2v) is 8.13. The van der Waals surface area contributed by atoms with Gasteiger partial charge in [-0.05, 0) is 86.9 Å². The number of allylic oxidation sites excluding steroid dienone is 2. The Balaban J connectivity index is 1.87. The molecule has 3 atom stereocenters. The Bertz CT molecular complexity index is 531. The Morgan fingerprint density at radius 1 is 1.20 bits per heavy atom. The van der Waals surface area contributed by atoms with Gasteiger partial charge in [-0.25, -0.2) is 0 Å². The van der Waals surface area contributed by atoms with Crippen LogP contribution in [0.4, 0.5) is 0 Å². The van der Waals surface area contributed by atoms with Crippen molar-refractivity contribution in [2.75, 3.05) is 7.05 Å². The predicted octanol–water partition coefficient (Wildman–Crippen LogP) is 6.31. The van der Waals surface area contributed by atoms with E-state index in [4.69, 9.17) is 0 Å². The van der Waals surface area contributed by atoms with Crippen molar-refractivity contribution in [3.05, 3.63) is 47.0 Å². The maximum absolute atomic E-state index is 3.27. The van der Waals surface area contributed by atoms with Crippen LogP contribution >= 0.6 is 0 Å². The molecule has 1 heteroatoms. The highest BCUT2D eigenvalue weighted by Gasteiger charge is 2.25. The molecule has 2 rings (SSSR count). The van der Waals surface area contributed by atoms with Gasteiger partial charge in [0.1, 0.15) is 0 Å². The average Bonchev–Trinajstić information content (AvgIpc) is 2.62. The Hall–Kier alpha value is -1.08. The van der Waals surface area contributed by atoms with Crippen LogP contribution in [-0.2, 0) is 19.4 Å². The van der Waals surface area contributed by atoms with Gasteiger partial charge in [0.15, 0.2) is 0 Å². The van der Waals surface area contributed by atoms with E-state index in [9.17, 15) is 0 Å². The summed E-state index contributed by atoms with van der Waals surface area (Å²) in [4.78, 5) is 0. The van der Waals surface area contributed by atoms with Crippen molar-refractivity contribution < 1.29 is 0 Å². The third-order valence-corrected chi connectivity index (χ3v) is 6.20. The number of benzene rings is 1. The number of aryl methyl sites for hydroxylation is 1. The lowest BCUT2D eigenvalue weighted by Crippen LogP contribution is -2.23. The molecule has 1 aliphatic rings. The summed E-state index contributed by atoms with van der Waals surface area (Å²) in [6.45, 7) is 7.95.